The molecule has 0 radical (unpaired) electrons. The van der Waals surface area contributed by atoms with E-state index in [4.69, 9.17) is 10.5 Å². The molecule has 2 atom stereocenters. The Morgan fingerprint density at radius 1 is 1.64 bits per heavy atom. The number of hydrogen-bond donors (Lipinski definition) is 1. The van der Waals surface area contributed by atoms with E-state index in [1.54, 1.807) is 6.26 Å². The number of nitrogens with zero attached hydrogens (tertiary/aromatic N) is 2. The molecule has 0 aromatic carbocycles. The lowest BCUT2D eigenvalue weighted by Gasteiger charge is -2.18. The SMILES string of the molecule is CC1=COC2C(N)=NC=NC12. The minimum atomic E-state index is -0.153. The summed E-state index contributed by atoms with van der Waals surface area (Å²) in [6.45, 7) is 1.97. The summed E-state index contributed by atoms with van der Waals surface area (Å²) in [5.41, 5.74) is 6.68. The summed E-state index contributed by atoms with van der Waals surface area (Å²) in [7, 11) is 0. The molecule has 11 heavy (non-hydrogen) atoms. The second-order valence-corrected chi connectivity index (χ2v) is 2.68. The Bertz CT molecular complexity index is 267. The van der Waals surface area contributed by atoms with Gasteiger partial charge in [-0.3, -0.25) is 4.99 Å². The van der Waals surface area contributed by atoms with Gasteiger partial charge in [-0.25, -0.2) is 4.99 Å². The van der Waals surface area contributed by atoms with Gasteiger partial charge in [-0.05, 0) is 12.5 Å². The Morgan fingerprint density at radius 2 is 2.45 bits per heavy atom. The first-order valence-electron chi connectivity index (χ1n) is 3.46. The number of hydrogen-bond acceptors (Lipinski definition) is 4. The molecule has 2 N–H and O–H groups in total. The number of aliphatic imine (C=N–C) groups is 2. The maximum atomic E-state index is 5.58. The molecular weight excluding hydrogens is 142 g/mol. The number of rotatable bonds is 0. The zero-order valence-corrected chi connectivity index (χ0v) is 6.19. The van der Waals surface area contributed by atoms with Crippen LogP contribution in [0.5, 0.6) is 0 Å². The Kier molecular flexibility index (Phi) is 1.21. The van der Waals surface area contributed by atoms with E-state index in [1.165, 1.54) is 6.34 Å². The largest absolute Gasteiger partial charge is 0.487 e. The van der Waals surface area contributed by atoms with Gasteiger partial charge in [0.25, 0.3) is 0 Å². The quantitative estimate of drug-likeness (QED) is 0.532. The molecule has 0 aliphatic carbocycles. The Morgan fingerprint density at radius 3 is 3.18 bits per heavy atom. The van der Waals surface area contributed by atoms with Crippen LogP contribution in [0.15, 0.2) is 21.8 Å². The summed E-state index contributed by atoms with van der Waals surface area (Å²) in [6, 6.07) is 0.0625. The molecule has 58 valence electrons. The Labute approximate surface area is 64.5 Å². The molecule has 2 aliphatic rings. The summed E-state index contributed by atoms with van der Waals surface area (Å²) in [5.74, 6) is 0.512. The highest BCUT2D eigenvalue weighted by Crippen LogP contribution is 2.22. The van der Waals surface area contributed by atoms with E-state index in [1.807, 2.05) is 6.92 Å². The van der Waals surface area contributed by atoms with Crippen LogP contribution in [-0.2, 0) is 4.74 Å². The van der Waals surface area contributed by atoms with Crippen molar-refractivity contribution in [3.05, 3.63) is 11.8 Å². The molecule has 0 amide bonds. The van der Waals surface area contributed by atoms with Gasteiger partial charge in [0.15, 0.2) is 6.10 Å². The van der Waals surface area contributed by atoms with E-state index in [0.29, 0.717) is 5.84 Å². The molecule has 2 aliphatic heterocycles. The van der Waals surface area contributed by atoms with E-state index < -0.39 is 0 Å². The lowest BCUT2D eigenvalue weighted by Crippen LogP contribution is -2.39. The average molecular weight is 151 g/mol. The van der Waals surface area contributed by atoms with Gasteiger partial charge >= 0.3 is 0 Å². The van der Waals surface area contributed by atoms with Crippen LogP contribution >= 0.6 is 0 Å². The lowest BCUT2D eigenvalue weighted by atomic mass is 10.1. The molecular formula is C7H9N3O. The van der Waals surface area contributed by atoms with Crippen molar-refractivity contribution >= 4 is 12.2 Å². The van der Waals surface area contributed by atoms with E-state index in [9.17, 15) is 0 Å². The normalized spacial score (nSPS) is 33.9. The topological polar surface area (TPSA) is 60.0 Å². The van der Waals surface area contributed by atoms with E-state index in [-0.39, 0.29) is 12.1 Å². The molecule has 0 saturated heterocycles. The summed E-state index contributed by atoms with van der Waals surface area (Å²) in [6.07, 6.45) is 3.03. The monoisotopic (exact) mass is 151 g/mol. The first kappa shape index (κ1) is 6.39. The summed E-state index contributed by atoms with van der Waals surface area (Å²) in [4.78, 5) is 7.99. The van der Waals surface area contributed by atoms with Crippen molar-refractivity contribution in [1.29, 1.82) is 0 Å². The molecule has 2 rings (SSSR count). The van der Waals surface area contributed by atoms with Crippen LogP contribution in [0.1, 0.15) is 6.92 Å². The van der Waals surface area contributed by atoms with Crippen molar-refractivity contribution in [3.63, 3.8) is 0 Å². The van der Waals surface area contributed by atoms with Gasteiger partial charge in [0.2, 0.25) is 0 Å². The third kappa shape index (κ3) is 0.824. The molecule has 4 nitrogen and oxygen atoms in total. The van der Waals surface area contributed by atoms with E-state index in [0.717, 1.165) is 5.57 Å². The fourth-order valence-corrected chi connectivity index (χ4v) is 1.24. The third-order valence-corrected chi connectivity index (χ3v) is 1.88. The zero-order chi connectivity index (χ0) is 7.84. The number of amidine groups is 1. The summed E-state index contributed by atoms with van der Waals surface area (Å²) in [5, 5.41) is 0. The highest BCUT2D eigenvalue weighted by Gasteiger charge is 2.33. The second kappa shape index (κ2) is 2.08. The van der Waals surface area contributed by atoms with E-state index >= 15 is 0 Å². The first-order chi connectivity index (χ1) is 5.29. The molecule has 0 spiro atoms. The fraction of sp³-hybridized carbons (Fsp3) is 0.429. The van der Waals surface area contributed by atoms with Gasteiger partial charge in [0.1, 0.15) is 18.2 Å². The van der Waals surface area contributed by atoms with Gasteiger partial charge in [-0.15, -0.1) is 0 Å². The van der Waals surface area contributed by atoms with Crippen molar-refractivity contribution in [2.45, 2.75) is 19.1 Å². The van der Waals surface area contributed by atoms with Gasteiger partial charge in [-0.1, -0.05) is 0 Å². The number of fused-ring (bicyclic) bond motifs is 1. The van der Waals surface area contributed by atoms with Crippen LogP contribution in [-0.4, -0.2) is 24.3 Å². The van der Waals surface area contributed by atoms with Crippen LogP contribution in [0, 0.1) is 0 Å². The molecule has 0 saturated carbocycles. The highest BCUT2D eigenvalue weighted by atomic mass is 16.5. The van der Waals surface area contributed by atoms with Crippen molar-refractivity contribution < 1.29 is 4.74 Å². The standard InChI is InChI=1S/C7H9N3O/c1-4-2-11-6-5(4)9-3-10-7(6)8/h2-3,5-6H,1H3,(H2,8,9,10). The lowest BCUT2D eigenvalue weighted by molar-refractivity contribution is 0.216. The first-order valence-corrected chi connectivity index (χ1v) is 3.46. The van der Waals surface area contributed by atoms with Crippen molar-refractivity contribution in [1.82, 2.24) is 0 Å². The van der Waals surface area contributed by atoms with Gasteiger partial charge in [-0.2, -0.15) is 0 Å². The molecule has 4 heteroatoms. The zero-order valence-electron chi connectivity index (χ0n) is 6.19. The van der Waals surface area contributed by atoms with Crippen LogP contribution in [0.2, 0.25) is 0 Å². The summed E-state index contributed by atoms with van der Waals surface area (Å²) >= 11 is 0. The van der Waals surface area contributed by atoms with Crippen LogP contribution < -0.4 is 5.73 Å². The fourth-order valence-electron chi connectivity index (χ4n) is 1.24. The molecule has 0 fully saturated rings. The summed E-state index contributed by atoms with van der Waals surface area (Å²) < 4.78 is 5.25. The van der Waals surface area contributed by atoms with Gasteiger partial charge < -0.3 is 10.5 Å². The molecule has 2 unspecified atom stereocenters. The Hall–Kier alpha value is -1.32. The van der Waals surface area contributed by atoms with Gasteiger partial charge in [0, 0.05) is 0 Å². The maximum absolute atomic E-state index is 5.58. The van der Waals surface area contributed by atoms with Crippen molar-refractivity contribution in [2.24, 2.45) is 15.7 Å². The van der Waals surface area contributed by atoms with E-state index in [2.05, 4.69) is 9.98 Å². The predicted molar refractivity (Wildman–Crippen MR) is 42.5 cm³/mol. The third-order valence-electron chi connectivity index (χ3n) is 1.88. The van der Waals surface area contributed by atoms with Crippen molar-refractivity contribution in [2.75, 3.05) is 0 Å². The van der Waals surface area contributed by atoms with Crippen LogP contribution in [0.3, 0.4) is 0 Å². The second-order valence-electron chi connectivity index (χ2n) is 2.68. The highest BCUT2D eigenvalue weighted by molar-refractivity contribution is 5.94. The minimum absolute atomic E-state index is 0.0625. The van der Waals surface area contributed by atoms with Crippen LogP contribution in [0.25, 0.3) is 0 Å². The molecule has 2 heterocycles. The smallest absolute Gasteiger partial charge is 0.181 e. The maximum Gasteiger partial charge on any atom is 0.181 e. The predicted octanol–water partition coefficient (Wildman–Crippen LogP) is 0.0567. The van der Waals surface area contributed by atoms with Gasteiger partial charge in [0.05, 0.1) is 6.26 Å². The average Bonchev–Trinajstić information content (AvgIpc) is 2.35. The Balaban J connectivity index is 2.30. The van der Waals surface area contributed by atoms with Crippen LogP contribution in [0.4, 0.5) is 0 Å². The number of nitrogens with two attached hydrogens (primary N) is 1. The molecule has 0 aromatic heterocycles. The molecule has 0 aromatic rings. The number of ether oxygens (including phenoxy) is 1. The van der Waals surface area contributed by atoms with Crippen molar-refractivity contribution in [3.8, 4) is 0 Å². The minimum Gasteiger partial charge on any atom is -0.487 e. The molecule has 0 bridgehead atoms.